The summed E-state index contributed by atoms with van der Waals surface area (Å²) in [6, 6.07) is 23.2. The number of fused-ring (bicyclic) bond motifs is 4. The predicted octanol–water partition coefficient (Wildman–Crippen LogP) is 5.85. The van der Waals surface area contributed by atoms with Gasteiger partial charge in [0.15, 0.2) is 0 Å². The molecule has 1 aliphatic carbocycles. The van der Waals surface area contributed by atoms with Gasteiger partial charge in [-0.05, 0) is 81.9 Å². The van der Waals surface area contributed by atoms with E-state index in [2.05, 4.69) is 36.4 Å². The lowest BCUT2D eigenvalue weighted by atomic mass is 9.83. The third-order valence-corrected chi connectivity index (χ3v) is 5.95. The maximum Gasteiger partial charge on any atom is 0.338 e. The van der Waals surface area contributed by atoms with Crippen molar-refractivity contribution < 1.29 is 14.6 Å². The Morgan fingerprint density at radius 3 is 2.41 bits per heavy atom. The van der Waals surface area contributed by atoms with Crippen LogP contribution in [0.4, 0.5) is 0 Å². The third-order valence-electron chi connectivity index (χ3n) is 5.70. The number of aliphatic hydroxyl groups excluding tert-OH is 1. The second kappa shape index (κ2) is 7.18. The molecule has 0 bridgehead atoms. The summed E-state index contributed by atoms with van der Waals surface area (Å²) in [4.78, 5) is 12.5. The molecule has 2 unspecified atom stereocenters. The zero-order valence-corrected chi connectivity index (χ0v) is 16.4. The Kier molecular flexibility index (Phi) is 4.50. The zero-order valence-electron chi connectivity index (χ0n) is 15.6. The minimum absolute atomic E-state index is 0.427. The van der Waals surface area contributed by atoms with Crippen molar-refractivity contribution in [1.29, 1.82) is 0 Å². The second-order valence-electron chi connectivity index (χ2n) is 7.49. The lowest BCUT2D eigenvalue weighted by Crippen LogP contribution is -2.30. The smallest absolute Gasteiger partial charge is 0.338 e. The van der Waals surface area contributed by atoms with Gasteiger partial charge in [0.05, 0.1) is 5.56 Å². The molecule has 0 amide bonds. The van der Waals surface area contributed by atoms with E-state index in [-0.39, 0.29) is 0 Å². The molecular weight excluding hydrogens is 384 g/mol. The average molecular weight is 403 g/mol. The Balaban J connectivity index is 1.52. The van der Waals surface area contributed by atoms with E-state index in [0.29, 0.717) is 17.0 Å². The Morgan fingerprint density at radius 2 is 1.66 bits per heavy atom. The third kappa shape index (κ3) is 3.27. The fourth-order valence-corrected chi connectivity index (χ4v) is 4.33. The molecule has 0 saturated carbocycles. The minimum Gasteiger partial charge on any atom is -0.456 e. The first-order valence-electron chi connectivity index (χ1n) is 9.69. The number of aryl methyl sites for hydroxylation is 1. The molecule has 1 N–H and O–H groups in total. The van der Waals surface area contributed by atoms with Crippen LogP contribution < -0.4 is 0 Å². The van der Waals surface area contributed by atoms with Gasteiger partial charge in [-0.25, -0.2) is 4.79 Å². The SMILES string of the molecule is O=C(OC1CCc2ccc3cc4ccccc4cc3c2C1O)c1ccc(Cl)cc1. The standard InChI is InChI=1S/C25H19ClO3/c26-20-10-7-16(8-11-20)25(28)29-22-12-9-15-5-6-19-13-17-3-1-2-4-18(17)14-21(19)23(15)24(22)27/h1-8,10-11,13-14,22,24,27H,9,12H2. The van der Waals surface area contributed by atoms with Gasteiger partial charge < -0.3 is 9.84 Å². The van der Waals surface area contributed by atoms with Gasteiger partial charge in [0.1, 0.15) is 12.2 Å². The van der Waals surface area contributed by atoms with Gasteiger partial charge in [0, 0.05) is 5.02 Å². The Hall–Kier alpha value is -2.88. The summed E-state index contributed by atoms with van der Waals surface area (Å²) in [6.45, 7) is 0. The number of rotatable bonds is 2. The topological polar surface area (TPSA) is 46.5 Å². The van der Waals surface area contributed by atoms with Crippen molar-refractivity contribution in [3.63, 3.8) is 0 Å². The fourth-order valence-electron chi connectivity index (χ4n) is 4.21. The molecule has 0 aliphatic heterocycles. The second-order valence-corrected chi connectivity index (χ2v) is 7.93. The molecular formula is C25H19ClO3. The number of hydrogen-bond donors (Lipinski definition) is 1. The molecule has 1 aliphatic rings. The minimum atomic E-state index is -0.861. The number of aliphatic hydroxyl groups is 1. The van der Waals surface area contributed by atoms with E-state index in [1.807, 2.05) is 12.1 Å². The number of esters is 1. The molecule has 0 spiro atoms. The van der Waals surface area contributed by atoms with E-state index in [9.17, 15) is 9.90 Å². The highest BCUT2D eigenvalue weighted by Crippen LogP contribution is 2.38. The zero-order chi connectivity index (χ0) is 20.0. The molecule has 0 fully saturated rings. The van der Waals surface area contributed by atoms with Crippen molar-refractivity contribution in [2.75, 3.05) is 0 Å². The quantitative estimate of drug-likeness (QED) is 0.338. The molecule has 5 rings (SSSR count). The first kappa shape index (κ1) is 18.2. The maximum atomic E-state index is 12.5. The van der Waals surface area contributed by atoms with E-state index >= 15 is 0 Å². The fraction of sp³-hybridized carbons (Fsp3) is 0.160. The lowest BCUT2D eigenvalue weighted by molar-refractivity contribution is -0.0263. The molecule has 4 aromatic rings. The Labute approximate surface area is 173 Å². The van der Waals surface area contributed by atoms with Crippen LogP contribution in [0.2, 0.25) is 5.02 Å². The summed E-state index contributed by atoms with van der Waals surface area (Å²) in [5.74, 6) is -0.445. The number of benzene rings is 4. The van der Waals surface area contributed by atoms with Crippen molar-refractivity contribution in [2.24, 2.45) is 0 Å². The molecule has 0 radical (unpaired) electrons. The lowest BCUT2D eigenvalue weighted by Gasteiger charge is -2.31. The van der Waals surface area contributed by atoms with Gasteiger partial charge in [-0.1, -0.05) is 48.0 Å². The molecule has 4 heteroatoms. The maximum absolute atomic E-state index is 12.5. The van der Waals surface area contributed by atoms with E-state index in [1.54, 1.807) is 24.3 Å². The molecule has 144 valence electrons. The number of hydrogen-bond acceptors (Lipinski definition) is 3. The highest BCUT2D eigenvalue weighted by Gasteiger charge is 2.32. The summed E-state index contributed by atoms with van der Waals surface area (Å²) in [5, 5.41) is 16.1. The molecule has 4 aromatic carbocycles. The number of halogens is 1. The van der Waals surface area contributed by atoms with Crippen LogP contribution in [0, 0.1) is 0 Å². The van der Waals surface area contributed by atoms with Crippen LogP contribution in [-0.4, -0.2) is 17.2 Å². The van der Waals surface area contributed by atoms with Crippen LogP contribution in [0.15, 0.2) is 72.8 Å². The van der Waals surface area contributed by atoms with Gasteiger partial charge in [-0.2, -0.15) is 0 Å². The molecule has 29 heavy (non-hydrogen) atoms. The van der Waals surface area contributed by atoms with Gasteiger partial charge in [-0.3, -0.25) is 0 Å². The van der Waals surface area contributed by atoms with Gasteiger partial charge >= 0.3 is 5.97 Å². The highest BCUT2D eigenvalue weighted by atomic mass is 35.5. The van der Waals surface area contributed by atoms with Gasteiger partial charge in [0.2, 0.25) is 0 Å². The average Bonchev–Trinajstić information content (AvgIpc) is 2.74. The van der Waals surface area contributed by atoms with Crippen LogP contribution in [0.1, 0.15) is 34.0 Å². The number of carbonyl (C=O) groups excluding carboxylic acids is 1. The molecule has 3 nitrogen and oxygen atoms in total. The Morgan fingerprint density at radius 1 is 0.931 bits per heavy atom. The Bertz CT molecular complexity index is 1230. The van der Waals surface area contributed by atoms with Crippen molar-refractivity contribution in [3.8, 4) is 0 Å². The summed E-state index contributed by atoms with van der Waals surface area (Å²) in [5.41, 5.74) is 2.41. The highest BCUT2D eigenvalue weighted by molar-refractivity contribution is 6.30. The van der Waals surface area contributed by atoms with E-state index in [1.165, 1.54) is 0 Å². The largest absolute Gasteiger partial charge is 0.456 e. The number of carbonyl (C=O) groups is 1. The summed E-state index contributed by atoms with van der Waals surface area (Å²) in [6.07, 6.45) is -0.0945. The van der Waals surface area contributed by atoms with Crippen LogP contribution in [0.3, 0.4) is 0 Å². The van der Waals surface area contributed by atoms with Crippen molar-refractivity contribution in [3.05, 3.63) is 94.5 Å². The first-order valence-corrected chi connectivity index (χ1v) is 10.1. The first-order chi connectivity index (χ1) is 14.1. The van der Waals surface area contributed by atoms with Gasteiger partial charge in [0.25, 0.3) is 0 Å². The van der Waals surface area contributed by atoms with Crippen LogP contribution in [0.5, 0.6) is 0 Å². The van der Waals surface area contributed by atoms with Gasteiger partial charge in [-0.15, -0.1) is 0 Å². The van der Waals surface area contributed by atoms with E-state index in [4.69, 9.17) is 16.3 Å². The molecule has 0 saturated heterocycles. The molecule has 2 atom stereocenters. The predicted molar refractivity (Wildman–Crippen MR) is 115 cm³/mol. The molecule has 0 heterocycles. The monoisotopic (exact) mass is 402 g/mol. The van der Waals surface area contributed by atoms with E-state index < -0.39 is 18.2 Å². The van der Waals surface area contributed by atoms with Crippen molar-refractivity contribution in [2.45, 2.75) is 25.0 Å². The van der Waals surface area contributed by atoms with Crippen LogP contribution >= 0.6 is 11.6 Å². The van der Waals surface area contributed by atoms with E-state index in [0.717, 1.165) is 39.1 Å². The molecule has 0 aromatic heterocycles. The summed E-state index contributed by atoms with van der Waals surface area (Å²) in [7, 11) is 0. The van der Waals surface area contributed by atoms with Crippen molar-refractivity contribution in [1.82, 2.24) is 0 Å². The van der Waals surface area contributed by atoms with Crippen LogP contribution in [0.25, 0.3) is 21.5 Å². The summed E-state index contributed by atoms with van der Waals surface area (Å²) < 4.78 is 5.69. The normalized spacial score (nSPS) is 18.6. The summed E-state index contributed by atoms with van der Waals surface area (Å²) >= 11 is 5.89. The number of ether oxygens (including phenoxy) is 1. The van der Waals surface area contributed by atoms with Crippen molar-refractivity contribution >= 4 is 39.1 Å². The van der Waals surface area contributed by atoms with Crippen LogP contribution in [-0.2, 0) is 11.2 Å².